The van der Waals surface area contributed by atoms with Gasteiger partial charge in [-0.3, -0.25) is 0 Å². The molecule has 100 valence electrons. The minimum absolute atomic E-state index is 0.395. The Labute approximate surface area is 120 Å². The van der Waals surface area contributed by atoms with E-state index in [0.717, 1.165) is 5.75 Å². The van der Waals surface area contributed by atoms with E-state index in [4.69, 9.17) is 0 Å². The molecule has 0 amide bonds. The van der Waals surface area contributed by atoms with Gasteiger partial charge in [-0.1, -0.05) is 48.0 Å². The quantitative estimate of drug-likeness (QED) is 0.811. The highest BCUT2D eigenvalue weighted by Gasteiger charge is 2.10. The minimum Gasteiger partial charge on any atom is -0.312 e. The summed E-state index contributed by atoms with van der Waals surface area (Å²) in [6.45, 7) is 4.33. The molecule has 0 saturated heterocycles. The van der Waals surface area contributed by atoms with Crippen LogP contribution in [0.1, 0.15) is 22.7 Å². The fraction of sp³-hybridized carbons (Fsp3) is 0.294. The molecule has 0 aliphatic rings. The Kier molecular flexibility index (Phi) is 5.06. The van der Waals surface area contributed by atoms with E-state index < -0.39 is 0 Å². The van der Waals surface area contributed by atoms with Gasteiger partial charge in [0.25, 0.3) is 0 Å². The van der Waals surface area contributed by atoms with Gasteiger partial charge in [0.05, 0.1) is 0 Å². The van der Waals surface area contributed by atoms with Gasteiger partial charge in [-0.05, 0) is 38.1 Å². The molecule has 0 aliphatic heterocycles. The Morgan fingerprint density at radius 2 is 1.79 bits per heavy atom. The molecule has 0 aliphatic carbocycles. The summed E-state index contributed by atoms with van der Waals surface area (Å²) in [5, 5.41) is 3.40. The summed E-state index contributed by atoms with van der Waals surface area (Å²) in [5.74, 6) is 1.05. The maximum Gasteiger partial charge on any atom is 0.0412 e. The van der Waals surface area contributed by atoms with Crippen molar-refractivity contribution in [2.45, 2.75) is 24.8 Å². The Balaban J connectivity index is 2.06. The molecule has 0 radical (unpaired) electrons. The first-order valence-corrected chi connectivity index (χ1v) is 7.61. The Hall–Kier alpha value is -1.25. The van der Waals surface area contributed by atoms with Gasteiger partial charge in [0.15, 0.2) is 0 Å². The summed E-state index contributed by atoms with van der Waals surface area (Å²) in [5.41, 5.74) is 4.04. The molecule has 2 aromatic carbocycles. The largest absolute Gasteiger partial charge is 0.312 e. The first kappa shape index (κ1) is 14.2. The predicted molar refractivity (Wildman–Crippen MR) is 84.9 cm³/mol. The van der Waals surface area contributed by atoms with Gasteiger partial charge in [-0.25, -0.2) is 0 Å². The molecule has 1 nitrogen and oxygen atoms in total. The van der Waals surface area contributed by atoms with Crippen molar-refractivity contribution in [3.05, 3.63) is 65.2 Å². The summed E-state index contributed by atoms with van der Waals surface area (Å²) in [6.07, 6.45) is 0. The Morgan fingerprint density at radius 1 is 1.05 bits per heavy atom. The van der Waals surface area contributed by atoms with E-state index in [1.54, 1.807) is 0 Å². The number of nitrogens with one attached hydrogen (secondary N) is 1. The van der Waals surface area contributed by atoms with Gasteiger partial charge in [0.1, 0.15) is 0 Å². The number of hydrogen-bond acceptors (Lipinski definition) is 2. The van der Waals surface area contributed by atoms with Crippen molar-refractivity contribution in [2.75, 3.05) is 12.8 Å². The van der Waals surface area contributed by atoms with Gasteiger partial charge in [-0.15, -0.1) is 11.8 Å². The highest BCUT2D eigenvalue weighted by Crippen LogP contribution is 2.27. The lowest BCUT2D eigenvalue weighted by Gasteiger charge is -2.17. The Morgan fingerprint density at radius 3 is 2.47 bits per heavy atom. The van der Waals surface area contributed by atoms with Crippen LogP contribution in [0.25, 0.3) is 0 Å². The number of rotatable bonds is 5. The van der Waals surface area contributed by atoms with Crippen LogP contribution in [0.5, 0.6) is 0 Å². The normalized spacial score (nSPS) is 12.4. The summed E-state index contributed by atoms with van der Waals surface area (Å²) in [4.78, 5) is 1.39. The van der Waals surface area contributed by atoms with Crippen molar-refractivity contribution < 1.29 is 0 Å². The van der Waals surface area contributed by atoms with Crippen molar-refractivity contribution in [1.82, 2.24) is 5.32 Å². The van der Waals surface area contributed by atoms with Crippen LogP contribution in [0, 0.1) is 13.8 Å². The third kappa shape index (κ3) is 3.85. The van der Waals surface area contributed by atoms with Gasteiger partial charge in [0, 0.05) is 16.7 Å². The number of thioether (sulfide) groups is 1. The third-order valence-electron chi connectivity index (χ3n) is 3.30. The molecule has 1 N–H and O–H groups in total. The summed E-state index contributed by atoms with van der Waals surface area (Å²) in [7, 11) is 2.03. The summed E-state index contributed by atoms with van der Waals surface area (Å²) < 4.78 is 0. The number of aryl methyl sites for hydroxylation is 2. The maximum absolute atomic E-state index is 3.40. The molecule has 0 fully saturated rings. The van der Waals surface area contributed by atoms with Crippen LogP contribution in [0.4, 0.5) is 0 Å². The van der Waals surface area contributed by atoms with Crippen LogP contribution in [0.2, 0.25) is 0 Å². The Bertz CT molecular complexity index is 522. The van der Waals surface area contributed by atoms with E-state index in [1.165, 1.54) is 21.6 Å². The monoisotopic (exact) mass is 271 g/mol. The molecule has 0 spiro atoms. The molecule has 2 rings (SSSR count). The average Bonchev–Trinajstić information content (AvgIpc) is 2.44. The van der Waals surface area contributed by atoms with Crippen LogP contribution in [-0.2, 0) is 0 Å². The summed E-state index contributed by atoms with van der Waals surface area (Å²) >= 11 is 1.93. The molecule has 0 saturated carbocycles. The first-order valence-electron chi connectivity index (χ1n) is 6.63. The molecular weight excluding hydrogens is 250 g/mol. The second-order valence-electron chi connectivity index (χ2n) is 4.83. The van der Waals surface area contributed by atoms with Crippen molar-refractivity contribution in [3.63, 3.8) is 0 Å². The number of hydrogen-bond donors (Lipinski definition) is 1. The van der Waals surface area contributed by atoms with E-state index in [9.17, 15) is 0 Å². The van der Waals surface area contributed by atoms with E-state index in [0.29, 0.717) is 6.04 Å². The minimum atomic E-state index is 0.395. The lowest BCUT2D eigenvalue weighted by atomic mass is 10.1. The molecule has 0 heterocycles. The number of benzene rings is 2. The van der Waals surface area contributed by atoms with Gasteiger partial charge >= 0.3 is 0 Å². The van der Waals surface area contributed by atoms with Crippen LogP contribution < -0.4 is 5.32 Å². The van der Waals surface area contributed by atoms with E-state index in [1.807, 2.05) is 18.8 Å². The molecule has 0 aromatic heterocycles. The van der Waals surface area contributed by atoms with Crippen LogP contribution >= 0.6 is 11.8 Å². The second kappa shape index (κ2) is 6.78. The standard InChI is InChI=1S/C17H21NS/c1-13-9-10-14(2)17(11-13)19-12-16(18-3)15-7-5-4-6-8-15/h4-11,16,18H,12H2,1-3H3. The lowest BCUT2D eigenvalue weighted by Crippen LogP contribution is -2.18. The van der Waals surface area contributed by atoms with Gasteiger partial charge in [0.2, 0.25) is 0 Å². The lowest BCUT2D eigenvalue weighted by molar-refractivity contribution is 0.662. The fourth-order valence-electron chi connectivity index (χ4n) is 2.07. The average molecular weight is 271 g/mol. The molecule has 2 aromatic rings. The fourth-order valence-corrected chi connectivity index (χ4v) is 3.34. The SMILES string of the molecule is CNC(CSc1cc(C)ccc1C)c1ccccc1. The van der Waals surface area contributed by atoms with Crippen LogP contribution in [0.15, 0.2) is 53.4 Å². The molecule has 0 bridgehead atoms. The molecular formula is C17H21NS. The highest BCUT2D eigenvalue weighted by molar-refractivity contribution is 7.99. The third-order valence-corrected chi connectivity index (χ3v) is 4.55. The zero-order valence-electron chi connectivity index (χ0n) is 11.8. The maximum atomic E-state index is 3.40. The van der Waals surface area contributed by atoms with Gasteiger partial charge in [-0.2, -0.15) is 0 Å². The second-order valence-corrected chi connectivity index (χ2v) is 5.89. The van der Waals surface area contributed by atoms with Crippen LogP contribution in [0.3, 0.4) is 0 Å². The van der Waals surface area contributed by atoms with Crippen molar-refractivity contribution >= 4 is 11.8 Å². The van der Waals surface area contributed by atoms with Crippen molar-refractivity contribution in [2.24, 2.45) is 0 Å². The highest BCUT2D eigenvalue weighted by atomic mass is 32.2. The van der Waals surface area contributed by atoms with E-state index >= 15 is 0 Å². The van der Waals surface area contributed by atoms with Crippen molar-refractivity contribution in [3.8, 4) is 0 Å². The summed E-state index contributed by atoms with van der Waals surface area (Å²) in [6, 6.07) is 17.7. The predicted octanol–water partition coefficient (Wildman–Crippen LogP) is 4.36. The zero-order valence-corrected chi connectivity index (χ0v) is 12.6. The topological polar surface area (TPSA) is 12.0 Å². The smallest absolute Gasteiger partial charge is 0.0412 e. The van der Waals surface area contributed by atoms with Gasteiger partial charge < -0.3 is 5.32 Å². The molecule has 1 atom stereocenters. The first-order chi connectivity index (χ1) is 9.20. The zero-order chi connectivity index (χ0) is 13.7. The molecule has 1 unspecified atom stereocenters. The van der Waals surface area contributed by atoms with E-state index in [2.05, 4.69) is 67.7 Å². The van der Waals surface area contributed by atoms with Crippen molar-refractivity contribution in [1.29, 1.82) is 0 Å². The molecule has 19 heavy (non-hydrogen) atoms. The van der Waals surface area contributed by atoms with E-state index in [-0.39, 0.29) is 0 Å². The molecule has 2 heteroatoms. The van der Waals surface area contributed by atoms with Crippen LogP contribution in [-0.4, -0.2) is 12.8 Å².